The Balaban J connectivity index is 2.80. The van der Waals surface area contributed by atoms with Crippen molar-refractivity contribution in [3.8, 4) is 0 Å². The normalized spacial score (nSPS) is 25.4. The maximum absolute atomic E-state index is 12.4. The van der Waals surface area contributed by atoms with E-state index in [4.69, 9.17) is 9.47 Å². The Labute approximate surface area is 142 Å². The van der Waals surface area contributed by atoms with Crippen LogP contribution in [0.25, 0.3) is 0 Å². The molecule has 3 nitrogen and oxygen atoms in total. The molecular formula is C20H36O3. The summed E-state index contributed by atoms with van der Waals surface area (Å²) in [5, 5.41) is 0. The molecule has 1 saturated carbocycles. The molecule has 0 radical (unpaired) electrons. The Morgan fingerprint density at radius 3 is 2.22 bits per heavy atom. The van der Waals surface area contributed by atoms with Crippen LogP contribution in [0.2, 0.25) is 0 Å². The van der Waals surface area contributed by atoms with Gasteiger partial charge in [-0.3, -0.25) is 4.79 Å². The van der Waals surface area contributed by atoms with E-state index in [1.807, 2.05) is 20.8 Å². The van der Waals surface area contributed by atoms with Crippen LogP contribution in [0.4, 0.5) is 0 Å². The van der Waals surface area contributed by atoms with Crippen LogP contribution in [-0.2, 0) is 14.3 Å². The fraction of sp³-hybridized carbons (Fsp3) is 0.850. The number of carbonyl (C=O) groups excluding carboxylic acids is 1. The monoisotopic (exact) mass is 324 g/mol. The number of ether oxygens (including phenoxy) is 2. The summed E-state index contributed by atoms with van der Waals surface area (Å²) in [5.74, 6) is 0.0696. The first-order valence-electron chi connectivity index (χ1n) is 8.99. The van der Waals surface area contributed by atoms with Crippen molar-refractivity contribution in [3.63, 3.8) is 0 Å². The molecule has 3 heteroatoms. The molecule has 0 aromatic rings. The molecule has 0 aliphatic heterocycles. The lowest BCUT2D eigenvalue weighted by Gasteiger charge is -2.31. The van der Waals surface area contributed by atoms with Crippen molar-refractivity contribution in [2.24, 2.45) is 17.3 Å². The molecule has 1 rings (SSSR count). The fourth-order valence-electron chi connectivity index (χ4n) is 3.06. The van der Waals surface area contributed by atoms with Crippen molar-refractivity contribution in [3.05, 3.63) is 12.2 Å². The highest BCUT2D eigenvalue weighted by Crippen LogP contribution is 2.44. The highest BCUT2D eigenvalue weighted by atomic mass is 16.6. The molecule has 0 spiro atoms. The van der Waals surface area contributed by atoms with E-state index in [0.717, 1.165) is 32.3 Å². The van der Waals surface area contributed by atoms with E-state index in [-0.39, 0.29) is 29.3 Å². The first-order chi connectivity index (χ1) is 10.5. The molecular weight excluding hydrogens is 288 g/mol. The lowest BCUT2D eigenvalue weighted by molar-refractivity contribution is -0.160. The predicted molar refractivity (Wildman–Crippen MR) is 95.3 cm³/mol. The average Bonchev–Trinajstić information content (AvgIpc) is 2.79. The molecule has 0 heterocycles. The molecule has 0 amide bonds. The second-order valence-electron chi connectivity index (χ2n) is 8.85. The van der Waals surface area contributed by atoms with Crippen molar-refractivity contribution < 1.29 is 14.3 Å². The van der Waals surface area contributed by atoms with Crippen molar-refractivity contribution in [2.45, 2.75) is 85.9 Å². The van der Waals surface area contributed by atoms with Crippen LogP contribution in [0.1, 0.15) is 74.1 Å². The number of rotatable bonds is 6. The molecule has 0 unspecified atom stereocenters. The predicted octanol–water partition coefficient (Wildman–Crippen LogP) is 5.14. The Bertz CT molecular complexity index is 412. The summed E-state index contributed by atoms with van der Waals surface area (Å²) < 4.78 is 11.7. The zero-order valence-electron chi connectivity index (χ0n) is 16.2. The van der Waals surface area contributed by atoms with Gasteiger partial charge in [0.05, 0.1) is 12.0 Å². The molecule has 1 aliphatic carbocycles. The molecule has 0 saturated heterocycles. The van der Waals surface area contributed by atoms with E-state index < -0.39 is 5.60 Å². The molecule has 0 bridgehead atoms. The second kappa shape index (κ2) is 7.83. The van der Waals surface area contributed by atoms with E-state index in [2.05, 4.69) is 34.3 Å². The van der Waals surface area contributed by atoms with E-state index in [1.54, 1.807) is 0 Å². The third-order valence-corrected chi connectivity index (χ3v) is 4.48. The summed E-state index contributed by atoms with van der Waals surface area (Å²) in [6.45, 7) is 19.5. The molecule has 23 heavy (non-hydrogen) atoms. The Morgan fingerprint density at radius 1 is 1.13 bits per heavy atom. The lowest BCUT2D eigenvalue weighted by Crippen LogP contribution is -2.28. The van der Waals surface area contributed by atoms with Gasteiger partial charge >= 0.3 is 5.97 Å². The second-order valence-corrected chi connectivity index (χ2v) is 8.85. The van der Waals surface area contributed by atoms with Gasteiger partial charge in [-0.15, -0.1) is 0 Å². The highest BCUT2D eigenvalue weighted by molar-refractivity contribution is 5.73. The number of carbonyl (C=O) groups is 1. The van der Waals surface area contributed by atoms with Gasteiger partial charge in [0.25, 0.3) is 0 Å². The minimum atomic E-state index is -0.436. The van der Waals surface area contributed by atoms with E-state index >= 15 is 0 Å². The van der Waals surface area contributed by atoms with Crippen LogP contribution in [0.5, 0.6) is 0 Å². The maximum Gasteiger partial charge on any atom is 0.309 e. The van der Waals surface area contributed by atoms with Crippen LogP contribution in [0.15, 0.2) is 12.2 Å². The van der Waals surface area contributed by atoms with Crippen molar-refractivity contribution in [1.29, 1.82) is 0 Å². The molecule has 3 atom stereocenters. The molecule has 0 N–H and O–H groups in total. The number of hydrogen-bond donors (Lipinski definition) is 0. The topological polar surface area (TPSA) is 35.5 Å². The van der Waals surface area contributed by atoms with Gasteiger partial charge in [0.1, 0.15) is 5.60 Å². The van der Waals surface area contributed by atoms with Crippen molar-refractivity contribution >= 4 is 5.97 Å². The summed E-state index contributed by atoms with van der Waals surface area (Å²) in [6, 6.07) is 0. The SMILES string of the molecule is C=C([C@@H]1C[C@H](C(=O)OC(C)(C)C)C[C@@H]1OCCCC)C(C)(C)C. The minimum absolute atomic E-state index is 0.0276. The first-order valence-corrected chi connectivity index (χ1v) is 8.99. The van der Waals surface area contributed by atoms with Crippen LogP contribution < -0.4 is 0 Å². The minimum Gasteiger partial charge on any atom is -0.460 e. The molecule has 0 aromatic carbocycles. The average molecular weight is 325 g/mol. The summed E-state index contributed by atoms with van der Waals surface area (Å²) in [6.07, 6.45) is 3.81. The Kier molecular flexibility index (Phi) is 6.88. The van der Waals surface area contributed by atoms with Crippen molar-refractivity contribution in [2.75, 3.05) is 6.61 Å². The van der Waals surface area contributed by atoms with Gasteiger partial charge in [-0.1, -0.05) is 46.3 Å². The van der Waals surface area contributed by atoms with E-state index in [0.29, 0.717) is 0 Å². The maximum atomic E-state index is 12.4. The van der Waals surface area contributed by atoms with Gasteiger partial charge in [-0.05, 0) is 45.4 Å². The first kappa shape index (κ1) is 20.2. The molecule has 0 aromatic heterocycles. The third kappa shape index (κ3) is 6.29. The quantitative estimate of drug-likeness (QED) is 0.385. The van der Waals surface area contributed by atoms with Crippen molar-refractivity contribution in [1.82, 2.24) is 0 Å². The number of esters is 1. The van der Waals surface area contributed by atoms with Gasteiger partial charge in [0.2, 0.25) is 0 Å². The van der Waals surface area contributed by atoms with Gasteiger partial charge in [-0.25, -0.2) is 0 Å². The zero-order chi connectivity index (χ0) is 17.8. The molecule has 134 valence electrons. The lowest BCUT2D eigenvalue weighted by atomic mass is 9.78. The molecule has 1 aliphatic rings. The Morgan fingerprint density at radius 2 is 1.74 bits per heavy atom. The number of hydrogen-bond acceptors (Lipinski definition) is 3. The molecule has 1 fully saturated rings. The smallest absolute Gasteiger partial charge is 0.309 e. The van der Waals surface area contributed by atoms with Crippen LogP contribution in [0.3, 0.4) is 0 Å². The van der Waals surface area contributed by atoms with Crippen LogP contribution in [0, 0.1) is 17.3 Å². The van der Waals surface area contributed by atoms with Crippen LogP contribution >= 0.6 is 0 Å². The van der Waals surface area contributed by atoms with Gasteiger partial charge in [0.15, 0.2) is 0 Å². The van der Waals surface area contributed by atoms with E-state index in [9.17, 15) is 4.79 Å². The largest absolute Gasteiger partial charge is 0.460 e. The van der Waals surface area contributed by atoms with Gasteiger partial charge < -0.3 is 9.47 Å². The summed E-state index contributed by atoms with van der Waals surface area (Å²) in [4.78, 5) is 12.4. The third-order valence-electron chi connectivity index (χ3n) is 4.48. The summed E-state index contributed by atoms with van der Waals surface area (Å²) in [7, 11) is 0. The fourth-order valence-corrected chi connectivity index (χ4v) is 3.06. The zero-order valence-corrected chi connectivity index (χ0v) is 16.2. The summed E-state index contributed by atoms with van der Waals surface area (Å²) >= 11 is 0. The van der Waals surface area contributed by atoms with Crippen LogP contribution in [-0.4, -0.2) is 24.3 Å². The number of unbranched alkanes of at least 4 members (excludes halogenated alkanes) is 1. The van der Waals surface area contributed by atoms with E-state index in [1.165, 1.54) is 5.57 Å². The Hall–Kier alpha value is -0.830. The highest BCUT2D eigenvalue weighted by Gasteiger charge is 2.43. The standard InChI is InChI=1S/C20H36O3/c1-9-10-11-22-17-13-15(18(21)23-20(6,7)8)12-16(17)14(2)19(3,4)5/h15-17H,2,9-13H2,1,3-8H3/t15-,16-,17-/m0/s1. The van der Waals surface area contributed by atoms with Gasteiger partial charge in [0, 0.05) is 12.5 Å². The summed E-state index contributed by atoms with van der Waals surface area (Å²) in [5.41, 5.74) is 0.777. The van der Waals surface area contributed by atoms with Gasteiger partial charge in [-0.2, -0.15) is 0 Å².